The summed E-state index contributed by atoms with van der Waals surface area (Å²) in [5.74, 6) is 1.51. The van der Waals surface area contributed by atoms with Gasteiger partial charge in [-0.05, 0) is 54.7 Å². The standard InChI is InChI=1S/C21H24F3N/c1-2-3-15-4-6-16(7-5-15)17-8-10-18(11-9-17)19-12-13-20(25-14-19)21(22,23)24/h8-16H,2-7H2,1H3. The molecule has 0 aliphatic heterocycles. The predicted octanol–water partition coefficient (Wildman–Crippen LogP) is 6.84. The van der Waals surface area contributed by atoms with Crippen molar-refractivity contribution in [1.82, 2.24) is 4.98 Å². The van der Waals surface area contributed by atoms with E-state index >= 15 is 0 Å². The van der Waals surface area contributed by atoms with Crippen molar-refractivity contribution in [2.75, 3.05) is 0 Å². The highest BCUT2D eigenvalue weighted by Gasteiger charge is 2.32. The zero-order valence-electron chi connectivity index (χ0n) is 14.5. The second-order valence-corrected chi connectivity index (χ2v) is 7.06. The van der Waals surface area contributed by atoms with Crippen LogP contribution in [0.2, 0.25) is 0 Å². The summed E-state index contributed by atoms with van der Waals surface area (Å²) in [7, 11) is 0. The molecule has 0 atom stereocenters. The van der Waals surface area contributed by atoms with Crippen LogP contribution in [0.25, 0.3) is 11.1 Å². The normalized spacial score (nSPS) is 21.3. The molecule has 1 aliphatic carbocycles. The summed E-state index contributed by atoms with van der Waals surface area (Å²) in [6.07, 6.45) is 4.62. The Hall–Kier alpha value is -1.84. The van der Waals surface area contributed by atoms with E-state index in [1.54, 1.807) is 0 Å². The van der Waals surface area contributed by atoms with Gasteiger partial charge in [0.2, 0.25) is 0 Å². The first-order chi connectivity index (χ1) is 12.0. The Bertz CT molecular complexity index is 666. The van der Waals surface area contributed by atoms with Gasteiger partial charge in [-0.1, -0.05) is 50.1 Å². The lowest BCUT2D eigenvalue weighted by atomic mass is 9.77. The average Bonchev–Trinajstić information content (AvgIpc) is 2.62. The maximum Gasteiger partial charge on any atom is 0.433 e. The number of hydrogen-bond donors (Lipinski definition) is 0. The summed E-state index contributed by atoms with van der Waals surface area (Å²) in [6.45, 7) is 2.25. The lowest BCUT2D eigenvalue weighted by Crippen LogP contribution is -2.13. The van der Waals surface area contributed by atoms with Gasteiger partial charge in [0.05, 0.1) is 0 Å². The van der Waals surface area contributed by atoms with E-state index in [-0.39, 0.29) is 0 Å². The van der Waals surface area contributed by atoms with Crippen molar-refractivity contribution in [3.8, 4) is 11.1 Å². The van der Waals surface area contributed by atoms with Crippen LogP contribution in [0.3, 0.4) is 0 Å². The Kier molecular flexibility index (Phi) is 5.45. The van der Waals surface area contributed by atoms with Crippen molar-refractivity contribution in [2.45, 2.75) is 57.5 Å². The Balaban J connectivity index is 1.66. The molecule has 2 aromatic rings. The van der Waals surface area contributed by atoms with Crippen molar-refractivity contribution in [3.63, 3.8) is 0 Å². The zero-order chi connectivity index (χ0) is 17.9. The fourth-order valence-corrected chi connectivity index (χ4v) is 3.87. The minimum absolute atomic E-state index is 0.618. The second-order valence-electron chi connectivity index (χ2n) is 7.06. The SMILES string of the molecule is CCCC1CCC(c2ccc(-c3ccc(C(F)(F)F)nc3)cc2)CC1. The summed E-state index contributed by atoms with van der Waals surface area (Å²) >= 11 is 0. The highest BCUT2D eigenvalue weighted by molar-refractivity contribution is 5.62. The summed E-state index contributed by atoms with van der Waals surface area (Å²) < 4.78 is 37.8. The van der Waals surface area contributed by atoms with E-state index < -0.39 is 11.9 Å². The molecule has 4 heteroatoms. The fourth-order valence-electron chi connectivity index (χ4n) is 3.87. The maximum absolute atomic E-state index is 12.6. The van der Waals surface area contributed by atoms with Crippen molar-refractivity contribution >= 4 is 0 Å². The van der Waals surface area contributed by atoms with Crippen molar-refractivity contribution in [2.24, 2.45) is 5.92 Å². The molecule has 134 valence electrons. The van der Waals surface area contributed by atoms with Gasteiger partial charge in [0.15, 0.2) is 0 Å². The fraction of sp³-hybridized carbons (Fsp3) is 0.476. The minimum atomic E-state index is -4.39. The average molecular weight is 347 g/mol. The van der Waals surface area contributed by atoms with Gasteiger partial charge in [-0.2, -0.15) is 13.2 Å². The van der Waals surface area contributed by atoms with Crippen LogP contribution in [0.5, 0.6) is 0 Å². The molecule has 0 bridgehead atoms. The molecule has 0 amide bonds. The Morgan fingerprint density at radius 1 is 0.920 bits per heavy atom. The Morgan fingerprint density at radius 2 is 1.56 bits per heavy atom. The Labute approximate surface area is 147 Å². The number of alkyl halides is 3. The first-order valence-corrected chi connectivity index (χ1v) is 9.11. The van der Waals surface area contributed by atoms with Crippen molar-refractivity contribution < 1.29 is 13.2 Å². The summed E-state index contributed by atoms with van der Waals surface area (Å²) in [6, 6.07) is 10.8. The molecule has 3 rings (SSSR count). The maximum atomic E-state index is 12.6. The van der Waals surface area contributed by atoms with Gasteiger partial charge < -0.3 is 0 Å². The molecule has 1 heterocycles. The molecule has 25 heavy (non-hydrogen) atoms. The molecule has 1 aromatic carbocycles. The highest BCUT2D eigenvalue weighted by atomic mass is 19.4. The molecule has 0 unspecified atom stereocenters. The van der Waals surface area contributed by atoms with E-state index in [1.165, 1.54) is 56.4 Å². The van der Waals surface area contributed by atoms with Crippen LogP contribution in [0.4, 0.5) is 13.2 Å². The summed E-state index contributed by atoms with van der Waals surface area (Å²) in [5, 5.41) is 0. The van der Waals surface area contributed by atoms with Crippen LogP contribution in [-0.4, -0.2) is 4.98 Å². The van der Waals surface area contributed by atoms with Crippen LogP contribution in [0.1, 0.15) is 62.6 Å². The van der Waals surface area contributed by atoms with Gasteiger partial charge in [-0.25, -0.2) is 0 Å². The van der Waals surface area contributed by atoms with Gasteiger partial charge in [0, 0.05) is 11.8 Å². The second kappa shape index (κ2) is 7.59. The van der Waals surface area contributed by atoms with Gasteiger partial charge >= 0.3 is 6.18 Å². The van der Waals surface area contributed by atoms with Gasteiger partial charge in [-0.15, -0.1) is 0 Å². The number of rotatable bonds is 4. The van der Waals surface area contributed by atoms with Crippen LogP contribution in [-0.2, 0) is 6.18 Å². The summed E-state index contributed by atoms with van der Waals surface area (Å²) in [5.41, 5.74) is 2.12. The molecular weight excluding hydrogens is 323 g/mol. The lowest BCUT2D eigenvalue weighted by molar-refractivity contribution is -0.141. The molecule has 1 saturated carbocycles. The van der Waals surface area contributed by atoms with Gasteiger partial charge in [-0.3, -0.25) is 4.98 Å². The van der Waals surface area contributed by atoms with E-state index in [4.69, 9.17) is 0 Å². The third kappa shape index (κ3) is 4.42. The van der Waals surface area contributed by atoms with Crippen molar-refractivity contribution in [3.05, 3.63) is 53.9 Å². The number of hydrogen-bond acceptors (Lipinski definition) is 1. The number of pyridine rings is 1. The molecule has 0 radical (unpaired) electrons. The number of halogens is 3. The molecule has 1 nitrogen and oxygen atoms in total. The van der Waals surface area contributed by atoms with E-state index in [0.717, 1.165) is 17.5 Å². The number of aromatic nitrogens is 1. The number of benzene rings is 1. The highest BCUT2D eigenvalue weighted by Crippen LogP contribution is 2.38. The van der Waals surface area contributed by atoms with E-state index in [0.29, 0.717) is 11.5 Å². The number of nitrogens with zero attached hydrogens (tertiary/aromatic N) is 1. The zero-order valence-corrected chi connectivity index (χ0v) is 14.5. The van der Waals surface area contributed by atoms with Crippen molar-refractivity contribution in [1.29, 1.82) is 0 Å². The Morgan fingerprint density at radius 3 is 2.08 bits per heavy atom. The van der Waals surface area contributed by atoms with Gasteiger partial charge in [0.1, 0.15) is 5.69 Å². The van der Waals surface area contributed by atoms with Crippen LogP contribution < -0.4 is 0 Å². The molecule has 0 saturated heterocycles. The molecular formula is C21H24F3N. The smallest absolute Gasteiger partial charge is 0.251 e. The minimum Gasteiger partial charge on any atom is -0.251 e. The molecule has 0 spiro atoms. The lowest BCUT2D eigenvalue weighted by Gasteiger charge is -2.28. The van der Waals surface area contributed by atoms with E-state index in [9.17, 15) is 13.2 Å². The molecule has 1 fully saturated rings. The topological polar surface area (TPSA) is 12.9 Å². The third-order valence-electron chi connectivity index (χ3n) is 5.31. The van der Waals surface area contributed by atoms with Crippen LogP contribution in [0.15, 0.2) is 42.6 Å². The monoisotopic (exact) mass is 347 g/mol. The molecule has 1 aromatic heterocycles. The first-order valence-electron chi connectivity index (χ1n) is 9.11. The van der Waals surface area contributed by atoms with Gasteiger partial charge in [0.25, 0.3) is 0 Å². The van der Waals surface area contributed by atoms with E-state index in [2.05, 4.69) is 24.0 Å². The summed E-state index contributed by atoms with van der Waals surface area (Å²) in [4.78, 5) is 3.54. The van der Waals surface area contributed by atoms with E-state index in [1.807, 2.05) is 12.1 Å². The van der Waals surface area contributed by atoms with Crippen LogP contribution in [0, 0.1) is 5.92 Å². The molecule has 0 N–H and O–H groups in total. The molecule has 1 aliphatic rings. The first kappa shape index (κ1) is 18.0. The van der Waals surface area contributed by atoms with Crippen LogP contribution >= 0.6 is 0 Å². The predicted molar refractivity (Wildman–Crippen MR) is 94.3 cm³/mol. The third-order valence-corrected chi connectivity index (χ3v) is 5.31. The largest absolute Gasteiger partial charge is 0.433 e. The quantitative estimate of drug-likeness (QED) is 0.590.